The Kier molecular flexibility index (Phi) is 5.65. The standard InChI is InChI=1S/C26H26FN5O2/c1-15(2)12-28-24-25-29-13-21(16-6-8-17(9-7-16)26(34)30-18-10-11-18)32(25)14-20(31-24)19-4-3-5-22(33)23(19)27/h3-9,13-15,18,33H,10-12H2,1-2H3,(H,28,31)(H,30,34). The van der Waals surface area contributed by atoms with E-state index >= 15 is 0 Å². The summed E-state index contributed by atoms with van der Waals surface area (Å²) in [5.41, 5.74) is 3.41. The van der Waals surface area contributed by atoms with Crippen LogP contribution in [0.2, 0.25) is 0 Å². The molecular formula is C26H26FN5O2. The molecule has 1 aliphatic rings. The van der Waals surface area contributed by atoms with Crippen LogP contribution in [0.5, 0.6) is 5.75 Å². The second-order valence-electron chi connectivity index (χ2n) is 9.05. The lowest BCUT2D eigenvalue weighted by Gasteiger charge is -2.13. The van der Waals surface area contributed by atoms with Crippen LogP contribution in [0.15, 0.2) is 54.9 Å². The maximum absolute atomic E-state index is 14.7. The maximum Gasteiger partial charge on any atom is 0.251 e. The number of halogens is 1. The number of rotatable bonds is 7. The minimum absolute atomic E-state index is 0.0711. The lowest BCUT2D eigenvalue weighted by atomic mass is 10.1. The number of carbonyl (C=O) groups excluding carboxylic acids is 1. The van der Waals surface area contributed by atoms with Gasteiger partial charge in [0.05, 0.1) is 17.6 Å². The summed E-state index contributed by atoms with van der Waals surface area (Å²) in [6.45, 7) is 4.84. The van der Waals surface area contributed by atoms with E-state index in [1.165, 1.54) is 6.07 Å². The van der Waals surface area contributed by atoms with E-state index in [1.54, 1.807) is 36.7 Å². The smallest absolute Gasteiger partial charge is 0.251 e. The Labute approximate surface area is 196 Å². The van der Waals surface area contributed by atoms with Gasteiger partial charge in [0.15, 0.2) is 23.0 Å². The Morgan fingerprint density at radius 2 is 1.97 bits per heavy atom. The minimum Gasteiger partial charge on any atom is -0.505 e. The summed E-state index contributed by atoms with van der Waals surface area (Å²) in [6, 6.07) is 12.1. The number of nitrogens with zero attached hydrogens (tertiary/aromatic N) is 3. The number of hydrogen-bond donors (Lipinski definition) is 3. The van der Waals surface area contributed by atoms with Gasteiger partial charge in [-0.1, -0.05) is 32.0 Å². The highest BCUT2D eigenvalue weighted by atomic mass is 19.1. The first-order chi connectivity index (χ1) is 16.4. The van der Waals surface area contributed by atoms with Crippen molar-refractivity contribution >= 4 is 17.4 Å². The quantitative estimate of drug-likeness (QED) is 0.367. The summed E-state index contributed by atoms with van der Waals surface area (Å²) in [4.78, 5) is 21.5. The van der Waals surface area contributed by atoms with Crippen LogP contribution in [0.3, 0.4) is 0 Å². The van der Waals surface area contributed by atoms with E-state index in [9.17, 15) is 14.3 Å². The Morgan fingerprint density at radius 1 is 1.21 bits per heavy atom. The summed E-state index contributed by atoms with van der Waals surface area (Å²) < 4.78 is 16.6. The van der Waals surface area contributed by atoms with Gasteiger partial charge in [-0.2, -0.15) is 0 Å². The number of carbonyl (C=O) groups is 1. The van der Waals surface area contributed by atoms with E-state index in [1.807, 2.05) is 16.5 Å². The number of fused-ring (bicyclic) bond motifs is 1. The van der Waals surface area contributed by atoms with Crippen LogP contribution < -0.4 is 10.6 Å². The van der Waals surface area contributed by atoms with Gasteiger partial charge in [0.1, 0.15) is 0 Å². The molecule has 0 saturated heterocycles. The number of amides is 1. The molecule has 1 amide bonds. The number of anilines is 1. The molecule has 5 rings (SSSR count). The van der Waals surface area contributed by atoms with Crippen LogP contribution in [-0.4, -0.2) is 38.0 Å². The molecule has 0 aliphatic heterocycles. The Balaban J connectivity index is 1.58. The molecule has 2 heterocycles. The second-order valence-corrected chi connectivity index (χ2v) is 9.05. The largest absolute Gasteiger partial charge is 0.505 e. The lowest BCUT2D eigenvalue weighted by Crippen LogP contribution is -2.25. The number of nitrogens with one attached hydrogen (secondary N) is 2. The Hall–Kier alpha value is -3.94. The van der Waals surface area contributed by atoms with Gasteiger partial charge < -0.3 is 15.7 Å². The highest BCUT2D eigenvalue weighted by Crippen LogP contribution is 2.31. The molecule has 0 spiro atoms. The van der Waals surface area contributed by atoms with E-state index in [0.717, 1.165) is 24.1 Å². The third-order valence-electron chi connectivity index (χ3n) is 5.78. The van der Waals surface area contributed by atoms with Gasteiger partial charge in [0.2, 0.25) is 0 Å². The van der Waals surface area contributed by atoms with Crippen LogP contribution in [-0.2, 0) is 0 Å². The average Bonchev–Trinajstić information content (AvgIpc) is 3.54. The normalized spacial score (nSPS) is 13.4. The first-order valence-corrected chi connectivity index (χ1v) is 11.4. The van der Waals surface area contributed by atoms with Crippen molar-refractivity contribution in [2.45, 2.75) is 32.7 Å². The zero-order valence-electron chi connectivity index (χ0n) is 19.0. The van der Waals surface area contributed by atoms with Crippen LogP contribution in [0.25, 0.3) is 28.2 Å². The topological polar surface area (TPSA) is 91.5 Å². The number of aromatic nitrogens is 3. The SMILES string of the molecule is CC(C)CNc1nc(-c2cccc(O)c2F)cn2c(-c3ccc(C(=O)NC4CC4)cc3)cnc12. The molecule has 34 heavy (non-hydrogen) atoms. The molecule has 0 bridgehead atoms. The van der Waals surface area contributed by atoms with E-state index in [-0.39, 0.29) is 11.5 Å². The summed E-state index contributed by atoms with van der Waals surface area (Å²) in [5.74, 6) is -0.329. The van der Waals surface area contributed by atoms with Crippen molar-refractivity contribution in [3.05, 3.63) is 66.2 Å². The fourth-order valence-electron chi connectivity index (χ4n) is 3.76. The van der Waals surface area contributed by atoms with Crippen molar-refractivity contribution in [2.24, 2.45) is 5.92 Å². The monoisotopic (exact) mass is 459 g/mol. The summed E-state index contributed by atoms with van der Waals surface area (Å²) in [6.07, 6.45) is 5.52. The molecule has 0 radical (unpaired) electrons. The highest BCUT2D eigenvalue weighted by Gasteiger charge is 2.24. The van der Waals surface area contributed by atoms with Crippen molar-refractivity contribution in [3.63, 3.8) is 0 Å². The minimum atomic E-state index is -0.725. The van der Waals surface area contributed by atoms with E-state index in [2.05, 4.69) is 34.4 Å². The predicted molar refractivity (Wildman–Crippen MR) is 129 cm³/mol. The molecule has 174 valence electrons. The number of aromatic hydroxyl groups is 1. The number of benzene rings is 2. The third-order valence-corrected chi connectivity index (χ3v) is 5.78. The second kappa shape index (κ2) is 8.78. The molecule has 0 unspecified atom stereocenters. The average molecular weight is 460 g/mol. The maximum atomic E-state index is 14.7. The van der Waals surface area contributed by atoms with Gasteiger partial charge in [-0.25, -0.2) is 14.4 Å². The molecule has 8 heteroatoms. The van der Waals surface area contributed by atoms with Crippen molar-refractivity contribution in [2.75, 3.05) is 11.9 Å². The van der Waals surface area contributed by atoms with E-state index in [0.29, 0.717) is 41.2 Å². The van der Waals surface area contributed by atoms with Crippen molar-refractivity contribution in [1.29, 1.82) is 0 Å². The molecule has 7 nitrogen and oxygen atoms in total. The molecule has 0 atom stereocenters. The zero-order chi connectivity index (χ0) is 23.8. The van der Waals surface area contributed by atoms with Gasteiger partial charge in [0.25, 0.3) is 5.91 Å². The van der Waals surface area contributed by atoms with E-state index in [4.69, 9.17) is 0 Å². The Bertz CT molecular complexity index is 1360. The number of phenols is 1. The molecule has 1 fully saturated rings. The highest BCUT2D eigenvalue weighted by molar-refractivity contribution is 5.95. The first kappa shape index (κ1) is 21.9. The third kappa shape index (κ3) is 4.31. The lowest BCUT2D eigenvalue weighted by molar-refractivity contribution is 0.0951. The van der Waals surface area contributed by atoms with Gasteiger partial charge in [-0.3, -0.25) is 9.20 Å². The fourth-order valence-corrected chi connectivity index (χ4v) is 3.76. The number of phenolic OH excluding ortho intramolecular Hbond substituents is 1. The summed E-state index contributed by atoms with van der Waals surface area (Å²) >= 11 is 0. The van der Waals surface area contributed by atoms with E-state index < -0.39 is 11.6 Å². The Morgan fingerprint density at radius 3 is 2.68 bits per heavy atom. The molecule has 1 aliphatic carbocycles. The van der Waals surface area contributed by atoms with Gasteiger partial charge in [-0.05, 0) is 43.0 Å². The summed E-state index contributed by atoms with van der Waals surface area (Å²) in [5, 5.41) is 16.2. The van der Waals surface area contributed by atoms with Gasteiger partial charge in [-0.15, -0.1) is 0 Å². The predicted octanol–water partition coefficient (Wildman–Crippen LogP) is 4.87. The zero-order valence-corrected chi connectivity index (χ0v) is 19.0. The summed E-state index contributed by atoms with van der Waals surface area (Å²) in [7, 11) is 0. The molecule has 2 aromatic heterocycles. The fraction of sp³-hybridized carbons (Fsp3) is 0.269. The van der Waals surface area contributed by atoms with Crippen LogP contribution >= 0.6 is 0 Å². The van der Waals surface area contributed by atoms with Crippen LogP contribution in [0, 0.1) is 11.7 Å². The first-order valence-electron chi connectivity index (χ1n) is 11.4. The van der Waals surface area contributed by atoms with Crippen molar-refractivity contribution in [1.82, 2.24) is 19.7 Å². The number of hydrogen-bond acceptors (Lipinski definition) is 5. The van der Waals surface area contributed by atoms with Crippen molar-refractivity contribution < 1.29 is 14.3 Å². The molecule has 1 saturated carbocycles. The molecule has 4 aromatic rings. The molecule has 2 aromatic carbocycles. The van der Waals surface area contributed by atoms with Crippen molar-refractivity contribution in [3.8, 4) is 28.3 Å². The number of imidazole rings is 1. The van der Waals surface area contributed by atoms with Crippen LogP contribution in [0.1, 0.15) is 37.0 Å². The van der Waals surface area contributed by atoms with Crippen LogP contribution in [0.4, 0.5) is 10.2 Å². The molecular weight excluding hydrogens is 433 g/mol. The van der Waals surface area contributed by atoms with Gasteiger partial charge >= 0.3 is 0 Å². The molecule has 3 N–H and O–H groups in total. The van der Waals surface area contributed by atoms with Gasteiger partial charge in [0, 0.05) is 35.5 Å².